The van der Waals surface area contributed by atoms with Gasteiger partial charge in [-0.2, -0.15) is 0 Å². The van der Waals surface area contributed by atoms with Crippen molar-refractivity contribution >= 4 is 35.2 Å². The average molecular weight is 428 g/mol. The summed E-state index contributed by atoms with van der Waals surface area (Å²) in [5.74, 6) is -1.55. The van der Waals surface area contributed by atoms with Gasteiger partial charge in [-0.25, -0.2) is 9.59 Å². The van der Waals surface area contributed by atoms with Crippen molar-refractivity contribution in [2.75, 3.05) is 0 Å². The van der Waals surface area contributed by atoms with E-state index in [1.807, 2.05) is 0 Å². The van der Waals surface area contributed by atoms with Gasteiger partial charge in [0.1, 0.15) is 5.71 Å². The summed E-state index contributed by atoms with van der Waals surface area (Å²) in [4.78, 5) is 51.8. The summed E-state index contributed by atoms with van der Waals surface area (Å²) in [7, 11) is 0. The zero-order valence-corrected chi connectivity index (χ0v) is 17.5. The molecule has 2 aromatic carbocycles. The molecule has 0 fully saturated rings. The fourth-order valence-corrected chi connectivity index (χ4v) is 3.04. The normalized spacial score (nSPS) is 12.0. The Labute approximate surface area is 177 Å². The molecule has 0 amide bonds. The number of benzene rings is 2. The van der Waals surface area contributed by atoms with E-state index in [1.54, 1.807) is 55.5 Å². The van der Waals surface area contributed by atoms with Gasteiger partial charge < -0.3 is 9.57 Å². The van der Waals surface area contributed by atoms with Crippen molar-refractivity contribution in [2.24, 2.45) is 10.3 Å². The number of carbonyl (C=O) groups excluding carboxylic acids is 3. The lowest BCUT2D eigenvalue weighted by atomic mass is 10.1. The minimum atomic E-state index is -0.990. The van der Waals surface area contributed by atoms with Crippen molar-refractivity contribution in [1.82, 2.24) is 0 Å². The fraction of sp³-hybridized carbons (Fsp3) is 0.238. The van der Waals surface area contributed by atoms with Crippen LogP contribution in [0.25, 0.3) is 0 Å². The van der Waals surface area contributed by atoms with Crippen LogP contribution in [0.3, 0.4) is 0 Å². The lowest BCUT2D eigenvalue weighted by molar-refractivity contribution is -0.140. The smallest absolute Gasteiger partial charge is 0.340 e. The van der Waals surface area contributed by atoms with Gasteiger partial charge in [0, 0.05) is 28.7 Å². The first-order valence-electron chi connectivity index (χ1n) is 9.02. The standard InChI is InChI=1S/C21H20N2O6S/c1-4-19(22-27)28-21(26)16-7-11-18(12-8-16)30-17-9-5-15(6-10-17)20(25)13(2)23-29-14(3)24/h5-12,19H,4H2,1-3H3/b23-13+. The molecule has 1 unspecified atom stereocenters. The van der Waals surface area contributed by atoms with Crippen molar-refractivity contribution < 1.29 is 24.0 Å². The second kappa shape index (κ2) is 11.0. The second-order valence-electron chi connectivity index (χ2n) is 6.11. The van der Waals surface area contributed by atoms with Gasteiger partial charge in [-0.05, 0) is 60.6 Å². The third kappa shape index (κ3) is 6.63. The molecule has 1 atom stereocenters. The van der Waals surface area contributed by atoms with E-state index in [9.17, 15) is 19.3 Å². The van der Waals surface area contributed by atoms with E-state index in [1.165, 1.54) is 25.6 Å². The van der Waals surface area contributed by atoms with E-state index in [0.29, 0.717) is 17.5 Å². The summed E-state index contributed by atoms with van der Waals surface area (Å²) >= 11 is 1.44. The van der Waals surface area contributed by atoms with Gasteiger partial charge in [0.05, 0.1) is 5.56 Å². The third-order valence-corrected chi connectivity index (χ3v) is 4.81. The molecule has 0 heterocycles. The number of ether oxygens (including phenoxy) is 1. The highest BCUT2D eigenvalue weighted by molar-refractivity contribution is 7.99. The molecule has 0 aliphatic heterocycles. The fourth-order valence-electron chi connectivity index (χ4n) is 2.22. The Morgan fingerprint density at radius 1 is 0.933 bits per heavy atom. The Balaban J connectivity index is 2.01. The van der Waals surface area contributed by atoms with Crippen molar-refractivity contribution in [3.63, 3.8) is 0 Å². The van der Waals surface area contributed by atoms with E-state index >= 15 is 0 Å². The van der Waals surface area contributed by atoms with E-state index in [0.717, 1.165) is 9.79 Å². The first kappa shape index (κ1) is 23.0. The first-order valence-corrected chi connectivity index (χ1v) is 9.84. The van der Waals surface area contributed by atoms with Gasteiger partial charge in [-0.3, -0.25) is 4.79 Å². The maximum atomic E-state index is 12.2. The van der Waals surface area contributed by atoms with Crippen molar-refractivity contribution in [3.05, 3.63) is 64.6 Å². The first-order chi connectivity index (χ1) is 14.3. The van der Waals surface area contributed by atoms with Gasteiger partial charge in [0.25, 0.3) is 0 Å². The summed E-state index contributed by atoms with van der Waals surface area (Å²) in [6, 6.07) is 13.6. The molecular formula is C21H20N2O6S. The molecule has 9 heteroatoms. The number of Topliss-reactive ketones (excluding diaryl/α,β-unsaturated/α-hetero) is 1. The highest BCUT2D eigenvalue weighted by Crippen LogP contribution is 2.28. The van der Waals surface area contributed by atoms with Crippen LogP contribution in [0.2, 0.25) is 0 Å². The maximum Gasteiger partial charge on any atom is 0.340 e. The molecule has 0 saturated heterocycles. The zero-order valence-electron chi connectivity index (χ0n) is 16.7. The number of esters is 1. The van der Waals surface area contributed by atoms with Gasteiger partial charge in [-0.15, -0.1) is 4.91 Å². The molecule has 0 aromatic heterocycles. The Kier molecular flexibility index (Phi) is 8.42. The van der Waals surface area contributed by atoms with Gasteiger partial charge in [0.2, 0.25) is 12.0 Å². The Bertz CT molecular complexity index is 954. The van der Waals surface area contributed by atoms with Crippen LogP contribution in [-0.2, 0) is 14.4 Å². The van der Waals surface area contributed by atoms with E-state index in [4.69, 9.17) is 4.74 Å². The molecule has 0 aliphatic rings. The number of rotatable bonds is 9. The van der Waals surface area contributed by atoms with E-state index < -0.39 is 18.2 Å². The SMILES string of the molecule is CCC(N=O)OC(=O)c1ccc(Sc2ccc(C(=O)/C(C)=N/OC(C)=O)cc2)cc1. The molecule has 0 N–H and O–H groups in total. The van der Waals surface area contributed by atoms with Crippen LogP contribution < -0.4 is 0 Å². The van der Waals surface area contributed by atoms with Crippen LogP contribution in [0.1, 0.15) is 47.9 Å². The second-order valence-corrected chi connectivity index (χ2v) is 7.26. The Hall–Kier alpha value is -3.33. The largest absolute Gasteiger partial charge is 0.433 e. The van der Waals surface area contributed by atoms with Gasteiger partial charge >= 0.3 is 11.9 Å². The highest BCUT2D eigenvalue weighted by atomic mass is 32.2. The molecule has 2 rings (SSSR count). The molecule has 0 spiro atoms. The molecule has 2 aromatic rings. The van der Waals surface area contributed by atoms with E-state index in [2.05, 4.69) is 15.2 Å². The van der Waals surface area contributed by atoms with Crippen LogP contribution in [0.4, 0.5) is 0 Å². The molecule has 30 heavy (non-hydrogen) atoms. The summed E-state index contributed by atoms with van der Waals surface area (Å²) < 4.78 is 4.98. The molecule has 0 radical (unpaired) electrons. The summed E-state index contributed by atoms with van der Waals surface area (Å²) in [6.07, 6.45) is -0.674. The van der Waals surface area contributed by atoms with Crippen LogP contribution in [0, 0.1) is 4.91 Å². The summed E-state index contributed by atoms with van der Waals surface area (Å²) in [6.45, 7) is 4.37. The quantitative estimate of drug-likeness (QED) is 0.143. The number of ketones is 1. The third-order valence-electron chi connectivity index (χ3n) is 3.79. The topological polar surface area (TPSA) is 111 Å². The van der Waals surface area contributed by atoms with Crippen molar-refractivity contribution in [2.45, 2.75) is 43.2 Å². The number of hydrogen-bond acceptors (Lipinski definition) is 9. The minimum absolute atomic E-state index is 0.0724. The number of nitroso groups, excluding NO2 is 1. The maximum absolute atomic E-state index is 12.2. The van der Waals surface area contributed by atoms with Gasteiger partial charge in [-0.1, -0.05) is 23.8 Å². The van der Waals surface area contributed by atoms with Crippen molar-refractivity contribution in [3.8, 4) is 0 Å². The van der Waals surface area contributed by atoms with Crippen LogP contribution >= 0.6 is 11.8 Å². The van der Waals surface area contributed by atoms with Crippen LogP contribution in [0.5, 0.6) is 0 Å². The molecule has 0 aliphatic carbocycles. The predicted molar refractivity (Wildman–Crippen MR) is 112 cm³/mol. The molecule has 8 nitrogen and oxygen atoms in total. The highest BCUT2D eigenvalue weighted by Gasteiger charge is 2.15. The summed E-state index contributed by atoms with van der Waals surface area (Å²) in [5, 5.41) is 6.24. The molecule has 156 valence electrons. The van der Waals surface area contributed by atoms with Crippen LogP contribution in [-0.4, -0.2) is 29.7 Å². The van der Waals surface area contributed by atoms with E-state index in [-0.39, 0.29) is 11.5 Å². The average Bonchev–Trinajstić information content (AvgIpc) is 2.76. The molecule has 0 bridgehead atoms. The summed E-state index contributed by atoms with van der Waals surface area (Å²) in [5.41, 5.74) is 0.813. The van der Waals surface area contributed by atoms with Crippen LogP contribution in [0.15, 0.2) is 68.7 Å². The lowest BCUT2D eigenvalue weighted by Crippen LogP contribution is -2.14. The number of oxime groups is 1. The monoisotopic (exact) mass is 428 g/mol. The number of nitrogens with zero attached hydrogens (tertiary/aromatic N) is 2. The molecule has 0 saturated carbocycles. The lowest BCUT2D eigenvalue weighted by Gasteiger charge is -2.09. The minimum Gasteiger partial charge on any atom is -0.433 e. The molecular weight excluding hydrogens is 408 g/mol. The Morgan fingerprint density at radius 3 is 1.93 bits per heavy atom. The Morgan fingerprint density at radius 2 is 1.47 bits per heavy atom. The van der Waals surface area contributed by atoms with Crippen molar-refractivity contribution in [1.29, 1.82) is 0 Å². The number of hydrogen-bond donors (Lipinski definition) is 0. The number of carbonyl (C=O) groups is 3. The zero-order chi connectivity index (χ0) is 22.1. The predicted octanol–water partition coefficient (Wildman–Crippen LogP) is 4.62. The van der Waals surface area contributed by atoms with Gasteiger partial charge in [0.15, 0.2) is 0 Å².